The molecular formula is C11H10N2O2. The van der Waals surface area contributed by atoms with E-state index in [9.17, 15) is 4.79 Å². The fourth-order valence-electron chi connectivity index (χ4n) is 1.31. The van der Waals surface area contributed by atoms with E-state index >= 15 is 0 Å². The van der Waals surface area contributed by atoms with E-state index < -0.39 is 5.91 Å². The monoisotopic (exact) mass is 202 g/mol. The third kappa shape index (κ3) is 2.22. The maximum absolute atomic E-state index is 10.8. The molecule has 0 aliphatic carbocycles. The zero-order valence-corrected chi connectivity index (χ0v) is 8.01. The van der Waals surface area contributed by atoms with Crippen LogP contribution in [0.1, 0.15) is 21.8 Å². The second kappa shape index (κ2) is 3.96. The van der Waals surface area contributed by atoms with E-state index in [1.165, 1.54) is 0 Å². The van der Waals surface area contributed by atoms with Crippen molar-refractivity contribution in [3.63, 3.8) is 0 Å². The summed E-state index contributed by atoms with van der Waals surface area (Å²) in [5.74, 6) is 0.0630. The molecule has 0 unspecified atom stereocenters. The van der Waals surface area contributed by atoms with Gasteiger partial charge in [0.1, 0.15) is 5.76 Å². The first-order valence-electron chi connectivity index (χ1n) is 4.55. The van der Waals surface area contributed by atoms with Crippen molar-refractivity contribution in [2.45, 2.75) is 6.42 Å². The number of amides is 1. The van der Waals surface area contributed by atoms with Gasteiger partial charge < -0.3 is 10.3 Å². The van der Waals surface area contributed by atoms with Crippen LogP contribution in [-0.2, 0) is 6.42 Å². The predicted molar refractivity (Wildman–Crippen MR) is 54.3 cm³/mol. The van der Waals surface area contributed by atoms with E-state index in [1.807, 2.05) is 30.3 Å². The van der Waals surface area contributed by atoms with Gasteiger partial charge in [0.05, 0.1) is 0 Å². The maximum Gasteiger partial charge on any atom is 0.270 e. The summed E-state index contributed by atoms with van der Waals surface area (Å²) in [4.78, 5) is 10.8. The fraction of sp³-hybridized carbons (Fsp3) is 0.0909. The average Bonchev–Trinajstić information content (AvgIpc) is 2.68. The summed E-state index contributed by atoms with van der Waals surface area (Å²) in [5, 5.41) is 3.56. The van der Waals surface area contributed by atoms with Crippen LogP contribution in [0.25, 0.3) is 0 Å². The largest absolute Gasteiger partial charge is 0.364 e. The molecule has 15 heavy (non-hydrogen) atoms. The SMILES string of the molecule is NC(=O)c1cc(Cc2ccccc2)on1. The first kappa shape index (κ1) is 9.45. The summed E-state index contributed by atoms with van der Waals surface area (Å²) in [6, 6.07) is 11.4. The van der Waals surface area contributed by atoms with Gasteiger partial charge in [-0.25, -0.2) is 0 Å². The number of carbonyl (C=O) groups is 1. The third-order valence-corrected chi connectivity index (χ3v) is 2.03. The minimum absolute atomic E-state index is 0.168. The van der Waals surface area contributed by atoms with Crippen LogP contribution in [0.3, 0.4) is 0 Å². The van der Waals surface area contributed by atoms with Crippen molar-refractivity contribution in [3.8, 4) is 0 Å². The number of primary amides is 1. The zero-order valence-electron chi connectivity index (χ0n) is 8.01. The van der Waals surface area contributed by atoms with Gasteiger partial charge in [0.15, 0.2) is 5.69 Å². The Morgan fingerprint density at radius 3 is 2.67 bits per heavy atom. The first-order valence-corrected chi connectivity index (χ1v) is 4.55. The minimum atomic E-state index is -0.571. The topological polar surface area (TPSA) is 69.1 Å². The Kier molecular flexibility index (Phi) is 2.49. The fourth-order valence-corrected chi connectivity index (χ4v) is 1.31. The molecule has 0 fully saturated rings. The van der Waals surface area contributed by atoms with Gasteiger partial charge in [0, 0.05) is 12.5 Å². The number of benzene rings is 1. The lowest BCUT2D eigenvalue weighted by molar-refractivity contribution is 0.0991. The normalized spacial score (nSPS) is 10.1. The Hall–Kier alpha value is -2.10. The lowest BCUT2D eigenvalue weighted by Gasteiger charge is -1.94. The molecule has 0 atom stereocenters. The van der Waals surface area contributed by atoms with Gasteiger partial charge in [-0.3, -0.25) is 4.79 Å². The number of aromatic nitrogens is 1. The molecule has 2 aromatic rings. The number of carbonyl (C=O) groups excluding carboxylic acids is 1. The standard InChI is InChI=1S/C11H10N2O2/c12-11(14)10-7-9(15-13-10)6-8-4-2-1-3-5-8/h1-5,7H,6H2,(H2,12,14). The van der Waals surface area contributed by atoms with Crippen LogP contribution in [-0.4, -0.2) is 11.1 Å². The van der Waals surface area contributed by atoms with Crippen LogP contribution in [0.2, 0.25) is 0 Å². The first-order chi connectivity index (χ1) is 7.25. The lowest BCUT2D eigenvalue weighted by Crippen LogP contribution is -2.10. The van der Waals surface area contributed by atoms with Crippen LogP contribution in [0.5, 0.6) is 0 Å². The van der Waals surface area contributed by atoms with Crippen molar-refractivity contribution in [1.82, 2.24) is 5.16 Å². The van der Waals surface area contributed by atoms with Crippen LogP contribution < -0.4 is 5.73 Å². The molecule has 1 heterocycles. The van der Waals surface area contributed by atoms with Gasteiger partial charge in [0.2, 0.25) is 0 Å². The molecule has 1 aromatic carbocycles. The van der Waals surface area contributed by atoms with Crippen LogP contribution in [0, 0.1) is 0 Å². The van der Waals surface area contributed by atoms with E-state index in [2.05, 4.69) is 5.16 Å². The van der Waals surface area contributed by atoms with Gasteiger partial charge in [-0.1, -0.05) is 35.5 Å². The smallest absolute Gasteiger partial charge is 0.270 e. The van der Waals surface area contributed by atoms with Crippen molar-refractivity contribution in [1.29, 1.82) is 0 Å². The second-order valence-corrected chi connectivity index (χ2v) is 3.21. The van der Waals surface area contributed by atoms with E-state index in [-0.39, 0.29) is 5.69 Å². The summed E-state index contributed by atoms with van der Waals surface area (Å²) >= 11 is 0. The van der Waals surface area contributed by atoms with Crippen molar-refractivity contribution in [3.05, 3.63) is 53.4 Å². The van der Waals surface area contributed by atoms with Crippen molar-refractivity contribution in [2.75, 3.05) is 0 Å². The molecule has 1 aromatic heterocycles. The molecule has 0 saturated heterocycles. The highest BCUT2D eigenvalue weighted by molar-refractivity contribution is 5.90. The van der Waals surface area contributed by atoms with E-state index in [0.717, 1.165) is 5.56 Å². The highest BCUT2D eigenvalue weighted by atomic mass is 16.5. The summed E-state index contributed by atoms with van der Waals surface area (Å²) < 4.78 is 4.98. The number of hydrogen-bond acceptors (Lipinski definition) is 3. The molecule has 0 saturated carbocycles. The molecule has 0 spiro atoms. The summed E-state index contributed by atoms with van der Waals surface area (Å²) in [7, 11) is 0. The van der Waals surface area contributed by atoms with E-state index in [0.29, 0.717) is 12.2 Å². The van der Waals surface area contributed by atoms with Crippen molar-refractivity contribution < 1.29 is 9.32 Å². The van der Waals surface area contributed by atoms with Crippen LogP contribution in [0.15, 0.2) is 40.9 Å². The molecule has 2 rings (SSSR count). The number of hydrogen-bond donors (Lipinski definition) is 1. The van der Waals surface area contributed by atoms with E-state index in [1.54, 1.807) is 6.07 Å². The minimum Gasteiger partial charge on any atom is -0.364 e. The molecule has 0 radical (unpaired) electrons. The zero-order chi connectivity index (χ0) is 10.7. The number of nitrogens with zero attached hydrogens (tertiary/aromatic N) is 1. The molecule has 0 aliphatic heterocycles. The highest BCUT2D eigenvalue weighted by Crippen LogP contribution is 2.10. The molecule has 0 aliphatic rings. The Labute approximate surface area is 86.7 Å². The Morgan fingerprint density at radius 2 is 2.07 bits per heavy atom. The summed E-state index contributed by atoms with van der Waals surface area (Å²) in [6.07, 6.45) is 0.612. The van der Waals surface area contributed by atoms with Gasteiger partial charge in [-0.15, -0.1) is 0 Å². The second-order valence-electron chi connectivity index (χ2n) is 3.21. The van der Waals surface area contributed by atoms with Gasteiger partial charge in [0.25, 0.3) is 5.91 Å². The molecule has 2 N–H and O–H groups in total. The maximum atomic E-state index is 10.8. The van der Waals surface area contributed by atoms with Crippen LogP contribution >= 0.6 is 0 Å². The molecular weight excluding hydrogens is 192 g/mol. The van der Waals surface area contributed by atoms with Crippen molar-refractivity contribution in [2.24, 2.45) is 5.73 Å². The average molecular weight is 202 g/mol. The number of nitrogens with two attached hydrogens (primary N) is 1. The van der Waals surface area contributed by atoms with E-state index in [4.69, 9.17) is 10.3 Å². The molecule has 4 heteroatoms. The third-order valence-electron chi connectivity index (χ3n) is 2.03. The Morgan fingerprint density at radius 1 is 1.33 bits per heavy atom. The highest BCUT2D eigenvalue weighted by Gasteiger charge is 2.08. The predicted octanol–water partition coefficient (Wildman–Crippen LogP) is 1.36. The van der Waals surface area contributed by atoms with Gasteiger partial charge in [-0.2, -0.15) is 0 Å². The Balaban J connectivity index is 2.15. The summed E-state index contributed by atoms with van der Waals surface area (Å²) in [5.41, 5.74) is 6.33. The Bertz CT molecular complexity index is 462. The van der Waals surface area contributed by atoms with Crippen LogP contribution in [0.4, 0.5) is 0 Å². The lowest BCUT2D eigenvalue weighted by atomic mass is 10.1. The molecule has 76 valence electrons. The molecule has 0 bridgehead atoms. The quantitative estimate of drug-likeness (QED) is 0.817. The molecule has 1 amide bonds. The van der Waals surface area contributed by atoms with Crippen molar-refractivity contribution >= 4 is 5.91 Å². The van der Waals surface area contributed by atoms with Gasteiger partial charge >= 0.3 is 0 Å². The van der Waals surface area contributed by atoms with Gasteiger partial charge in [-0.05, 0) is 5.56 Å². The summed E-state index contributed by atoms with van der Waals surface area (Å²) in [6.45, 7) is 0. The molecule has 4 nitrogen and oxygen atoms in total. The number of rotatable bonds is 3.